The first kappa shape index (κ1) is 16.8. The lowest BCUT2D eigenvalue weighted by atomic mass is 10.2. The molecule has 0 aliphatic heterocycles. The van der Waals surface area contributed by atoms with E-state index in [1.54, 1.807) is 18.2 Å². The molecular formula is C12H19ClN2O2S2. The molecule has 19 heavy (non-hydrogen) atoms. The van der Waals surface area contributed by atoms with Gasteiger partial charge < -0.3 is 5.73 Å². The van der Waals surface area contributed by atoms with Gasteiger partial charge in [-0.15, -0.1) is 24.2 Å². The summed E-state index contributed by atoms with van der Waals surface area (Å²) in [4.78, 5) is 1.24. The summed E-state index contributed by atoms with van der Waals surface area (Å²) in [6.07, 6.45) is 4.15. The van der Waals surface area contributed by atoms with E-state index in [1.165, 1.54) is 11.8 Å². The topological polar surface area (TPSA) is 72.2 Å². The second-order valence-electron chi connectivity index (χ2n) is 4.53. The highest BCUT2D eigenvalue weighted by Gasteiger charge is 2.29. The molecule has 108 valence electrons. The highest BCUT2D eigenvalue weighted by molar-refractivity contribution is 7.98. The Labute approximate surface area is 125 Å². The van der Waals surface area contributed by atoms with Crippen LogP contribution in [0.3, 0.4) is 0 Å². The molecule has 4 nitrogen and oxygen atoms in total. The van der Waals surface area contributed by atoms with Crippen LogP contribution in [0.15, 0.2) is 34.1 Å². The minimum absolute atomic E-state index is 0. The summed E-state index contributed by atoms with van der Waals surface area (Å²) >= 11 is 1.52. The normalized spacial score (nSPS) is 16.7. The van der Waals surface area contributed by atoms with Gasteiger partial charge in [-0.2, -0.15) is 0 Å². The van der Waals surface area contributed by atoms with Gasteiger partial charge in [-0.25, -0.2) is 13.1 Å². The Bertz CT molecular complexity index is 518. The van der Waals surface area contributed by atoms with Crippen molar-refractivity contribution in [1.29, 1.82) is 0 Å². The smallest absolute Gasteiger partial charge is 0.240 e. The molecule has 1 saturated carbocycles. The molecule has 1 fully saturated rings. The first-order valence-corrected chi connectivity index (χ1v) is 8.63. The van der Waals surface area contributed by atoms with Crippen LogP contribution in [0.4, 0.5) is 0 Å². The SMILES string of the molecule is CSc1cccc(S(=O)(=O)NCC(N)C2CC2)c1.Cl. The number of sulfonamides is 1. The van der Waals surface area contributed by atoms with Crippen LogP contribution in [0.5, 0.6) is 0 Å². The summed E-state index contributed by atoms with van der Waals surface area (Å²) < 4.78 is 26.7. The van der Waals surface area contributed by atoms with E-state index in [-0.39, 0.29) is 18.4 Å². The third-order valence-electron chi connectivity index (χ3n) is 3.09. The van der Waals surface area contributed by atoms with Crippen LogP contribution in [-0.4, -0.2) is 27.3 Å². The molecule has 3 N–H and O–H groups in total. The molecule has 7 heteroatoms. The monoisotopic (exact) mass is 322 g/mol. The molecule has 0 bridgehead atoms. The molecule has 1 aromatic rings. The fraction of sp³-hybridized carbons (Fsp3) is 0.500. The fourth-order valence-corrected chi connectivity index (χ4v) is 3.40. The average Bonchev–Trinajstić information content (AvgIpc) is 3.20. The van der Waals surface area contributed by atoms with E-state index in [2.05, 4.69) is 4.72 Å². The highest BCUT2D eigenvalue weighted by atomic mass is 35.5. The van der Waals surface area contributed by atoms with Crippen LogP contribution in [0.1, 0.15) is 12.8 Å². The third kappa shape index (κ3) is 4.65. The molecule has 0 aromatic heterocycles. The van der Waals surface area contributed by atoms with Crippen LogP contribution in [0, 0.1) is 5.92 Å². The minimum atomic E-state index is -3.44. The summed E-state index contributed by atoms with van der Waals surface area (Å²) in [6.45, 7) is 0.316. The Morgan fingerprint density at radius 2 is 2.16 bits per heavy atom. The largest absolute Gasteiger partial charge is 0.326 e. The van der Waals surface area contributed by atoms with E-state index in [0.717, 1.165) is 17.7 Å². The van der Waals surface area contributed by atoms with Crippen LogP contribution in [0.25, 0.3) is 0 Å². The van der Waals surface area contributed by atoms with Gasteiger partial charge in [0.2, 0.25) is 10.0 Å². The molecule has 0 radical (unpaired) electrons. The van der Waals surface area contributed by atoms with Gasteiger partial charge in [-0.1, -0.05) is 6.07 Å². The first-order valence-electron chi connectivity index (χ1n) is 5.92. The molecule has 1 unspecified atom stereocenters. The number of halogens is 1. The second-order valence-corrected chi connectivity index (χ2v) is 7.18. The molecule has 1 aromatic carbocycles. The zero-order valence-electron chi connectivity index (χ0n) is 10.7. The molecule has 0 heterocycles. The van der Waals surface area contributed by atoms with E-state index >= 15 is 0 Å². The average molecular weight is 323 g/mol. The number of nitrogens with two attached hydrogens (primary N) is 1. The molecule has 1 atom stereocenters. The predicted molar refractivity (Wildman–Crippen MR) is 81.4 cm³/mol. The van der Waals surface area contributed by atoms with Crippen LogP contribution >= 0.6 is 24.2 Å². The quantitative estimate of drug-likeness (QED) is 0.784. The standard InChI is InChI=1S/C12H18N2O2S2.ClH/c1-17-10-3-2-4-11(7-10)18(15,16)14-8-12(13)9-5-6-9;/h2-4,7,9,12,14H,5-6,8,13H2,1H3;1H. The van der Waals surface area contributed by atoms with E-state index in [1.807, 2.05) is 12.3 Å². The van der Waals surface area contributed by atoms with E-state index in [9.17, 15) is 8.42 Å². The van der Waals surface area contributed by atoms with Crippen molar-refractivity contribution in [3.8, 4) is 0 Å². The summed E-state index contributed by atoms with van der Waals surface area (Å²) in [5.41, 5.74) is 5.89. The predicted octanol–water partition coefficient (Wildman–Crippen LogP) is 1.85. The lowest BCUT2D eigenvalue weighted by Gasteiger charge is -2.12. The summed E-state index contributed by atoms with van der Waals surface area (Å²) in [7, 11) is -3.44. The third-order valence-corrected chi connectivity index (χ3v) is 5.23. The Morgan fingerprint density at radius 1 is 1.47 bits per heavy atom. The summed E-state index contributed by atoms with van der Waals surface area (Å²) in [5, 5.41) is 0. The van der Waals surface area contributed by atoms with E-state index < -0.39 is 10.0 Å². The zero-order chi connectivity index (χ0) is 13.2. The maximum absolute atomic E-state index is 12.1. The molecule has 0 amide bonds. The highest BCUT2D eigenvalue weighted by Crippen LogP contribution is 2.31. The van der Waals surface area contributed by atoms with Crippen molar-refractivity contribution in [3.05, 3.63) is 24.3 Å². The van der Waals surface area contributed by atoms with Gasteiger partial charge in [0.25, 0.3) is 0 Å². The maximum atomic E-state index is 12.1. The van der Waals surface area contributed by atoms with Crippen molar-refractivity contribution in [2.24, 2.45) is 11.7 Å². The van der Waals surface area contributed by atoms with Gasteiger partial charge in [0, 0.05) is 17.5 Å². The van der Waals surface area contributed by atoms with Crippen molar-refractivity contribution in [1.82, 2.24) is 4.72 Å². The lowest BCUT2D eigenvalue weighted by Crippen LogP contribution is -2.38. The molecular weight excluding hydrogens is 304 g/mol. The molecule has 2 rings (SSSR count). The number of hydrogen-bond acceptors (Lipinski definition) is 4. The first-order chi connectivity index (χ1) is 8.53. The van der Waals surface area contributed by atoms with Gasteiger partial charge in [0.1, 0.15) is 0 Å². The van der Waals surface area contributed by atoms with Crippen molar-refractivity contribution in [2.45, 2.75) is 28.7 Å². The van der Waals surface area contributed by atoms with Gasteiger partial charge in [-0.05, 0) is 43.2 Å². The number of nitrogens with one attached hydrogen (secondary N) is 1. The molecule has 0 saturated heterocycles. The van der Waals surface area contributed by atoms with Gasteiger partial charge in [-0.3, -0.25) is 0 Å². The van der Waals surface area contributed by atoms with Crippen molar-refractivity contribution < 1.29 is 8.42 Å². The Balaban J connectivity index is 0.00000180. The molecule has 1 aliphatic carbocycles. The Hall–Kier alpha value is -0.270. The number of rotatable bonds is 6. The van der Waals surface area contributed by atoms with Crippen molar-refractivity contribution in [2.75, 3.05) is 12.8 Å². The molecule has 0 spiro atoms. The van der Waals surface area contributed by atoms with Crippen molar-refractivity contribution in [3.63, 3.8) is 0 Å². The molecule has 1 aliphatic rings. The summed E-state index contributed by atoms with van der Waals surface area (Å²) in [6, 6.07) is 6.85. The number of benzene rings is 1. The lowest BCUT2D eigenvalue weighted by molar-refractivity contribution is 0.547. The fourth-order valence-electron chi connectivity index (χ4n) is 1.75. The van der Waals surface area contributed by atoms with Gasteiger partial charge in [0.15, 0.2) is 0 Å². The Morgan fingerprint density at radius 3 is 2.74 bits per heavy atom. The number of thioether (sulfide) groups is 1. The second kappa shape index (κ2) is 6.95. The Kier molecular flexibility index (Phi) is 6.14. The van der Waals surface area contributed by atoms with Gasteiger partial charge in [0.05, 0.1) is 4.90 Å². The zero-order valence-corrected chi connectivity index (χ0v) is 13.2. The summed E-state index contributed by atoms with van der Waals surface area (Å²) in [5.74, 6) is 0.491. The van der Waals surface area contributed by atoms with E-state index in [4.69, 9.17) is 5.73 Å². The van der Waals surface area contributed by atoms with Crippen LogP contribution < -0.4 is 10.5 Å². The van der Waals surface area contributed by atoms with Crippen LogP contribution in [0.2, 0.25) is 0 Å². The van der Waals surface area contributed by atoms with E-state index in [0.29, 0.717) is 17.4 Å². The van der Waals surface area contributed by atoms with Crippen molar-refractivity contribution >= 4 is 34.2 Å². The van der Waals surface area contributed by atoms with Crippen LogP contribution in [-0.2, 0) is 10.0 Å². The van der Waals surface area contributed by atoms with Gasteiger partial charge >= 0.3 is 0 Å². The maximum Gasteiger partial charge on any atom is 0.240 e. The number of hydrogen-bond donors (Lipinski definition) is 2. The minimum Gasteiger partial charge on any atom is -0.326 e.